The molecule has 0 aliphatic rings. The van der Waals surface area contributed by atoms with Crippen LogP contribution in [0.5, 0.6) is 0 Å². The van der Waals surface area contributed by atoms with Crippen LogP contribution in [0.2, 0.25) is 0 Å². The predicted molar refractivity (Wildman–Crippen MR) is 67.7 cm³/mol. The van der Waals surface area contributed by atoms with E-state index in [1.54, 1.807) is 0 Å². The number of aromatic carboxylic acids is 1. The molecule has 0 saturated carbocycles. The number of carboxylic acids is 1. The first-order valence-corrected chi connectivity index (χ1v) is 5.71. The molecule has 0 radical (unpaired) electrons. The Morgan fingerprint density at radius 3 is 2.68 bits per heavy atom. The van der Waals surface area contributed by atoms with Crippen molar-refractivity contribution >= 4 is 5.97 Å². The van der Waals surface area contributed by atoms with E-state index in [2.05, 4.69) is 0 Å². The van der Waals surface area contributed by atoms with E-state index in [4.69, 9.17) is 9.84 Å². The Kier molecular flexibility index (Phi) is 5.46. The summed E-state index contributed by atoms with van der Waals surface area (Å²) in [6, 6.07) is 0. The minimum Gasteiger partial charge on any atom is -0.477 e. The van der Waals surface area contributed by atoms with Gasteiger partial charge in [-0.1, -0.05) is 0 Å². The van der Waals surface area contributed by atoms with Crippen molar-refractivity contribution in [1.82, 2.24) is 14.5 Å². The van der Waals surface area contributed by atoms with E-state index < -0.39 is 22.8 Å². The first-order chi connectivity index (χ1) is 8.91. The molecule has 0 bridgehead atoms. The third-order valence-corrected chi connectivity index (χ3v) is 2.40. The lowest BCUT2D eigenvalue weighted by Gasteiger charge is -2.10. The first-order valence-electron chi connectivity index (χ1n) is 5.71. The Morgan fingerprint density at radius 2 is 2.11 bits per heavy atom. The van der Waals surface area contributed by atoms with Crippen molar-refractivity contribution in [2.45, 2.75) is 6.54 Å². The Balaban J connectivity index is 2.64. The second-order valence-corrected chi connectivity index (χ2v) is 4.22. The average Bonchev–Trinajstić information content (AvgIpc) is 2.30. The molecule has 8 nitrogen and oxygen atoms in total. The number of nitrogens with zero attached hydrogens (tertiary/aromatic N) is 2. The van der Waals surface area contributed by atoms with Gasteiger partial charge in [0.2, 0.25) is 0 Å². The number of hydrogen-bond donors (Lipinski definition) is 2. The zero-order valence-corrected chi connectivity index (χ0v) is 10.9. The largest absolute Gasteiger partial charge is 0.477 e. The van der Waals surface area contributed by atoms with Gasteiger partial charge in [0.05, 0.1) is 19.8 Å². The maximum Gasteiger partial charge on any atom is 0.342 e. The fraction of sp³-hybridized carbons (Fsp3) is 0.545. The van der Waals surface area contributed by atoms with Gasteiger partial charge in [0.15, 0.2) is 0 Å². The number of likely N-dealkylation sites (N-methyl/N-ethyl adjacent to an activating group) is 1. The summed E-state index contributed by atoms with van der Waals surface area (Å²) in [4.78, 5) is 37.3. The Bertz CT molecular complexity index is 546. The van der Waals surface area contributed by atoms with Crippen molar-refractivity contribution in [3.63, 3.8) is 0 Å². The van der Waals surface area contributed by atoms with Gasteiger partial charge in [-0.25, -0.2) is 9.59 Å². The van der Waals surface area contributed by atoms with Crippen LogP contribution in [0, 0.1) is 0 Å². The summed E-state index contributed by atoms with van der Waals surface area (Å²) in [6.45, 7) is 1.71. The lowest BCUT2D eigenvalue weighted by Crippen LogP contribution is -2.34. The molecule has 0 aliphatic carbocycles. The van der Waals surface area contributed by atoms with Gasteiger partial charge in [0.1, 0.15) is 5.56 Å². The van der Waals surface area contributed by atoms with Gasteiger partial charge in [0.25, 0.3) is 5.56 Å². The molecule has 0 unspecified atom stereocenters. The molecule has 2 N–H and O–H groups in total. The molecule has 0 atom stereocenters. The topological polar surface area (TPSA) is 105 Å². The number of rotatable bonds is 7. The van der Waals surface area contributed by atoms with E-state index >= 15 is 0 Å². The van der Waals surface area contributed by atoms with Gasteiger partial charge in [-0.3, -0.25) is 14.3 Å². The number of hydrogen-bond acceptors (Lipinski definition) is 5. The number of aromatic amines is 1. The fourth-order valence-electron chi connectivity index (χ4n) is 1.34. The number of nitrogens with one attached hydrogen (secondary N) is 1. The minimum absolute atomic E-state index is 0.184. The first kappa shape index (κ1) is 15.1. The molecule has 1 aromatic heterocycles. The van der Waals surface area contributed by atoms with Crippen LogP contribution >= 0.6 is 0 Å². The summed E-state index contributed by atoms with van der Waals surface area (Å²) in [5.74, 6) is -1.37. The Hall–Kier alpha value is -1.93. The third kappa shape index (κ3) is 4.68. The second-order valence-electron chi connectivity index (χ2n) is 4.22. The van der Waals surface area contributed by atoms with E-state index in [9.17, 15) is 14.4 Å². The predicted octanol–water partition coefficient (Wildman–Crippen LogP) is -1.19. The van der Waals surface area contributed by atoms with E-state index in [0.717, 1.165) is 17.3 Å². The SMILES string of the molecule is CN(C)CCOCCn1cc(C(=O)O)c(=O)[nH]c1=O. The summed E-state index contributed by atoms with van der Waals surface area (Å²) in [5, 5.41) is 8.78. The van der Waals surface area contributed by atoms with Gasteiger partial charge in [-0.05, 0) is 14.1 Å². The maximum absolute atomic E-state index is 11.4. The number of carboxylic acid groups (broad SMARTS) is 1. The summed E-state index contributed by atoms with van der Waals surface area (Å²) < 4.78 is 6.40. The molecule has 0 aromatic carbocycles. The highest BCUT2D eigenvalue weighted by Crippen LogP contribution is 1.89. The van der Waals surface area contributed by atoms with E-state index in [0.29, 0.717) is 6.61 Å². The number of aromatic nitrogens is 2. The standard InChI is InChI=1S/C11H17N3O5/c1-13(2)3-5-19-6-4-14-7-8(10(16)17)9(15)12-11(14)18/h7H,3-6H2,1-2H3,(H,16,17)(H,12,15,18). The van der Waals surface area contributed by atoms with Crippen LogP contribution in [0.4, 0.5) is 0 Å². The summed E-state index contributed by atoms with van der Waals surface area (Å²) in [5.41, 5.74) is -2.01. The van der Waals surface area contributed by atoms with Crippen LogP contribution in [0.25, 0.3) is 0 Å². The molecule has 0 aliphatic heterocycles. The van der Waals surface area contributed by atoms with Crippen molar-refractivity contribution in [2.24, 2.45) is 0 Å². The zero-order chi connectivity index (χ0) is 14.4. The van der Waals surface area contributed by atoms with Gasteiger partial charge in [-0.2, -0.15) is 0 Å². The molecule has 0 fully saturated rings. The van der Waals surface area contributed by atoms with Crippen LogP contribution < -0.4 is 11.2 Å². The van der Waals surface area contributed by atoms with Crippen LogP contribution in [-0.2, 0) is 11.3 Å². The quantitative estimate of drug-likeness (QED) is 0.604. The van der Waals surface area contributed by atoms with Crippen molar-refractivity contribution < 1.29 is 14.6 Å². The summed E-state index contributed by atoms with van der Waals surface area (Å²) in [6.07, 6.45) is 1.03. The molecular weight excluding hydrogens is 254 g/mol. The lowest BCUT2D eigenvalue weighted by molar-refractivity contribution is 0.0692. The number of carbonyl (C=O) groups is 1. The van der Waals surface area contributed by atoms with Crippen molar-refractivity contribution in [3.05, 3.63) is 32.6 Å². The lowest BCUT2D eigenvalue weighted by atomic mass is 10.3. The Labute approximate surface area is 109 Å². The van der Waals surface area contributed by atoms with Gasteiger partial charge < -0.3 is 14.7 Å². The molecule has 1 heterocycles. The van der Waals surface area contributed by atoms with Crippen molar-refractivity contribution in [3.8, 4) is 0 Å². The summed E-state index contributed by atoms with van der Waals surface area (Å²) >= 11 is 0. The average molecular weight is 271 g/mol. The molecule has 0 saturated heterocycles. The molecule has 0 spiro atoms. The smallest absolute Gasteiger partial charge is 0.342 e. The monoisotopic (exact) mass is 271 g/mol. The summed E-state index contributed by atoms with van der Waals surface area (Å²) in [7, 11) is 3.82. The van der Waals surface area contributed by atoms with Crippen LogP contribution in [-0.4, -0.2) is 59.4 Å². The third-order valence-electron chi connectivity index (χ3n) is 2.40. The molecule has 8 heteroatoms. The van der Waals surface area contributed by atoms with E-state index in [1.165, 1.54) is 0 Å². The number of H-pyrrole nitrogens is 1. The van der Waals surface area contributed by atoms with Crippen LogP contribution in [0.1, 0.15) is 10.4 Å². The highest BCUT2D eigenvalue weighted by molar-refractivity contribution is 5.86. The highest BCUT2D eigenvalue weighted by Gasteiger charge is 2.11. The maximum atomic E-state index is 11.4. The van der Waals surface area contributed by atoms with Crippen LogP contribution in [0.3, 0.4) is 0 Å². The molecular formula is C11H17N3O5. The van der Waals surface area contributed by atoms with Crippen molar-refractivity contribution in [2.75, 3.05) is 33.9 Å². The van der Waals surface area contributed by atoms with E-state index in [-0.39, 0.29) is 13.2 Å². The zero-order valence-electron chi connectivity index (χ0n) is 10.9. The Morgan fingerprint density at radius 1 is 1.42 bits per heavy atom. The molecule has 106 valence electrons. The highest BCUT2D eigenvalue weighted by atomic mass is 16.5. The van der Waals surface area contributed by atoms with Gasteiger partial charge in [-0.15, -0.1) is 0 Å². The molecule has 1 aromatic rings. The molecule has 0 amide bonds. The second kappa shape index (κ2) is 6.86. The van der Waals surface area contributed by atoms with Crippen LogP contribution in [0.15, 0.2) is 15.8 Å². The van der Waals surface area contributed by atoms with Gasteiger partial charge in [0, 0.05) is 12.7 Å². The number of ether oxygens (including phenoxy) is 1. The van der Waals surface area contributed by atoms with Gasteiger partial charge >= 0.3 is 11.7 Å². The van der Waals surface area contributed by atoms with E-state index in [1.807, 2.05) is 24.0 Å². The normalized spacial score (nSPS) is 10.9. The van der Waals surface area contributed by atoms with Crippen molar-refractivity contribution in [1.29, 1.82) is 0 Å². The molecule has 19 heavy (non-hydrogen) atoms. The molecule has 1 rings (SSSR count). The minimum atomic E-state index is -1.37. The fourth-order valence-corrected chi connectivity index (χ4v) is 1.34.